The molecule has 3 aromatic carbocycles. The summed E-state index contributed by atoms with van der Waals surface area (Å²) in [7, 11) is 0. The molecule has 1 unspecified atom stereocenters. The van der Waals surface area contributed by atoms with Crippen LogP contribution in [0.4, 0.5) is 10.5 Å². The number of amides is 2. The summed E-state index contributed by atoms with van der Waals surface area (Å²) in [4.78, 5) is 36.8. The molecule has 3 aromatic rings. The predicted molar refractivity (Wildman–Crippen MR) is 134 cm³/mol. The van der Waals surface area contributed by atoms with Crippen molar-refractivity contribution in [2.24, 2.45) is 0 Å². The zero-order valence-corrected chi connectivity index (χ0v) is 20.1. The molecule has 0 saturated carbocycles. The molecule has 1 aliphatic rings. The average molecular weight is 493 g/mol. The molecule has 0 saturated heterocycles. The minimum atomic E-state index is -1.32. The van der Waals surface area contributed by atoms with Gasteiger partial charge in [-0.05, 0) is 59.4 Å². The number of ether oxygens (including phenoxy) is 1. The van der Waals surface area contributed by atoms with E-state index in [1.807, 2.05) is 48.5 Å². The number of carboxylic acids is 1. The molecule has 0 radical (unpaired) electrons. The summed E-state index contributed by atoms with van der Waals surface area (Å²) < 4.78 is 5.47. The molecule has 0 aliphatic heterocycles. The Kier molecular flexibility index (Phi) is 7.07. The number of hydrogen-bond acceptors (Lipinski definition) is 4. The maximum atomic E-state index is 12.8. The van der Waals surface area contributed by atoms with Crippen molar-refractivity contribution in [1.82, 2.24) is 5.32 Å². The minimum Gasteiger partial charge on any atom is -0.481 e. The van der Waals surface area contributed by atoms with Crippen molar-refractivity contribution in [2.45, 2.75) is 32.2 Å². The molecule has 4 rings (SSSR count). The highest BCUT2D eigenvalue weighted by atomic mass is 35.5. The number of halogens is 1. The monoisotopic (exact) mass is 492 g/mol. The van der Waals surface area contributed by atoms with Crippen molar-refractivity contribution in [3.8, 4) is 11.1 Å². The number of alkyl carbamates (subject to hydrolysis) is 1. The molecule has 0 heterocycles. The molecule has 1 atom stereocenters. The molecule has 0 fully saturated rings. The largest absolute Gasteiger partial charge is 0.481 e. The lowest BCUT2D eigenvalue weighted by atomic mass is 9.98. The third-order valence-electron chi connectivity index (χ3n) is 6.03. The van der Waals surface area contributed by atoms with Crippen LogP contribution in [0, 0.1) is 13.8 Å². The van der Waals surface area contributed by atoms with E-state index in [1.54, 1.807) is 26.0 Å². The molecule has 0 bridgehead atoms. The van der Waals surface area contributed by atoms with Crippen LogP contribution in [0.15, 0.2) is 60.7 Å². The lowest BCUT2D eigenvalue weighted by Crippen LogP contribution is -2.45. The first kappa shape index (κ1) is 24.3. The number of benzene rings is 3. The van der Waals surface area contributed by atoms with E-state index < -0.39 is 30.4 Å². The van der Waals surface area contributed by atoms with E-state index in [4.69, 9.17) is 16.3 Å². The van der Waals surface area contributed by atoms with Crippen molar-refractivity contribution in [3.05, 3.63) is 87.9 Å². The van der Waals surface area contributed by atoms with Gasteiger partial charge in [0.2, 0.25) is 5.91 Å². The number of carbonyl (C=O) groups excluding carboxylic acids is 2. The molecular formula is C27H25ClN2O5. The first-order valence-electron chi connectivity index (χ1n) is 11.2. The van der Waals surface area contributed by atoms with Gasteiger partial charge in [0.1, 0.15) is 12.6 Å². The quantitative estimate of drug-likeness (QED) is 0.416. The summed E-state index contributed by atoms with van der Waals surface area (Å²) in [5, 5.41) is 14.9. The Bertz CT molecular complexity index is 1240. The Labute approximate surface area is 208 Å². The second-order valence-electron chi connectivity index (χ2n) is 8.53. The topological polar surface area (TPSA) is 105 Å². The lowest BCUT2D eigenvalue weighted by Gasteiger charge is -2.19. The Morgan fingerprint density at radius 1 is 0.971 bits per heavy atom. The van der Waals surface area contributed by atoms with Crippen LogP contribution in [-0.2, 0) is 14.3 Å². The summed E-state index contributed by atoms with van der Waals surface area (Å²) in [6, 6.07) is 17.9. The molecule has 7 nitrogen and oxygen atoms in total. The van der Waals surface area contributed by atoms with Crippen LogP contribution in [0.5, 0.6) is 0 Å². The third-order valence-corrected chi connectivity index (χ3v) is 6.63. The lowest BCUT2D eigenvalue weighted by molar-refractivity contribution is -0.139. The van der Waals surface area contributed by atoms with Crippen molar-refractivity contribution >= 4 is 35.3 Å². The van der Waals surface area contributed by atoms with Crippen molar-refractivity contribution < 1.29 is 24.2 Å². The Balaban J connectivity index is 1.44. The first-order valence-corrected chi connectivity index (χ1v) is 11.5. The zero-order chi connectivity index (χ0) is 25.1. The number of fused-ring (bicyclic) bond motifs is 3. The van der Waals surface area contributed by atoms with Gasteiger partial charge < -0.3 is 20.5 Å². The van der Waals surface area contributed by atoms with Crippen LogP contribution < -0.4 is 10.6 Å². The van der Waals surface area contributed by atoms with E-state index in [0.717, 1.165) is 33.4 Å². The van der Waals surface area contributed by atoms with Gasteiger partial charge in [0.05, 0.1) is 6.42 Å². The van der Waals surface area contributed by atoms with E-state index in [9.17, 15) is 19.5 Å². The van der Waals surface area contributed by atoms with Crippen molar-refractivity contribution in [3.63, 3.8) is 0 Å². The van der Waals surface area contributed by atoms with Gasteiger partial charge in [0.25, 0.3) is 0 Å². The van der Waals surface area contributed by atoms with Crippen LogP contribution in [0.25, 0.3) is 11.1 Å². The molecule has 3 N–H and O–H groups in total. The smallest absolute Gasteiger partial charge is 0.407 e. The first-order chi connectivity index (χ1) is 16.7. The Hall–Kier alpha value is -3.84. The average Bonchev–Trinajstić information content (AvgIpc) is 3.14. The highest BCUT2D eigenvalue weighted by Crippen LogP contribution is 2.44. The summed E-state index contributed by atoms with van der Waals surface area (Å²) in [6.07, 6.45) is -1.46. The van der Waals surface area contributed by atoms with Gasteiger partial charge in [0, 0.05) is 16.6 Å². The number of carbonyl (C=O) groups is 3. The van der Waals surface area contributed by atoms with Gasteiger partial charge in [-0.25, -0.2) is 4.79 Å². The molecular weight excluding hydrogens is 468 g/mol. The van der Waals surface area contributed by atoms with E-state index in [2.05, 4.69) is 10.6 Å². The molecule has 180 valence electrons. The molecule has 0 spiro atoms. The molecule has 2 amide bonds. The van der Waals surface area contributed by atoms with Crippen LogP contribution in [0.3, 0.4) is 0 Å². The SMILES string of the molecule is Cc1cc(NC(=O)C(CC(=O)O)NC(=O)OCC2c3ccccc3-c3ccccc32)cc(C)c1Cl. The van der Waals surface area contributed by atoms with Gasteiger partial charge >= 0.3 is 12.1 Å². The van der Waals surface area contributed by atoms with Gasteiger partial charge in [-0.1, -0.05) is 60.1 Å². The summed E-state index contributed by atoms with van der Waals surface area (Å²) in [5.41, 5.74) is 6.27. The molecule has 8 heteroatoms. The normalized spacial score (nSPS) is 12.9. The molecule has 1 aliphatic carbocycles. The van der Waals surface area contributed by atoms with Gasteiger partial charge in [-0.15, -0.1) is 0 Å². The standard InChI is InChI=1S/C27H25ClN2O5/c1-15-11-17(12-16(2)25(15)28)29-26(33)23(13-24(31)32)30-27(34)35-14-22-20-9-5-3-7-18(20)19-8-4-6-10-21(19)22/h3-12,22-23H,13-14H2,1-2H3,(H,29,33)(H,30,34)(H,31,32). The van der Waals surface area contributed by atoms with Crippen molar-refractivity contribution in [1.29, 1.82) is 0 Å². The maximum Gasteiger partial charge on any atom is 0.407 e. The van der Waals surface area contributed by atoms with Crippen molar-refractivity contribution in [2.75, 3.05) is 11.9 Å². The summed E-state index contributed by atoms with van der Waals surface area (Å²) in [6.45, 7) is 3.65. The second-order valence-corrected chi connectivity index (χ2v) is 8.91. The van der Waals surface area contributed by atoms with E-state index >= 15 is 0 Å². The van der Waals surface area contributed by atoms with Crippen LogP contribution >= 0.6 is 11.6 Å². The van der Waals surface area contributed by atoms with Gasteiger partial charge in [0.15, 0.2) is 0 Å². The number of hydrogen-bond donors (Lipinski definition) is 3. The maximum absolute atomic E-state index is 12.8. The summed E-state index contributed by atoms with van der Waals surface area (Å²) in [5.74, 6) is -2.05. The van der Waals surface area contributed by atoms with Gasteiger partial charge in [-0.3, -0.25) is 9.59 Å². The number of carboxylic acid groups (broad SMARTS) is 1. The number of nitrogens with one attached hydrogen (secondary N) is 2. The second kappa shape index (κ2) is 10.2. The Morgan fingerprint density at radius 2 is 1.51 bits per heavy atom. The molecule has 0 aromatic heterocycles. The van der Waals surface area contributed by atoms with Gasteiger partial charge in [-0.2, -0.15) is 0 Å². The Morgan fingerprint density at radius 3 is 2.06 bits per heavy atom. The fourth-order valence-corrected chi connectivity index (χ4v) is 4.52. The fraction of sp³-hybridized carbons (Fsp3) is 0.222. The van der Waals surface area contributed by atoms with Crippen LogP contribution in [0.2, 0.25) is 5.02 Å². The fourth-order valence-electron chi connectivity index (χ4n) is 4.41. The number of aliphatic carboxylic acids is 1. The van der Waals surface area contributed by atoms with E-state index in [1.165, 1.54) is 0 Å². The van der Waals surface area contributed by atoms with Crippen LogP contribution in [0.1, 0.15) is 34.6 Å². The number of anilines is 1. The van der Waals surface area contributed by atoms with Crippen LogP contribution in [-0.4, -0.2) is 35.7 Å². The van der Waals surface area contributed by atoms with E-state index in [0.29, 0.717) is 10.7 Å². The minimum absolute atomic E-state index is 0.0524. The number of rotatable bonds is 7. The molecule has 35 heavy (non-hydrogen) atoms. The predicted octanol–water partition coefficient (Wildman–Crippen LogP) is 5.28. The zero-order valence-electron chi connectivity index (χ0n) is 19.3. The van der Waals surface area contributed by atoms with E-state index in [-0.39, 0.29) is 12.5 Å². The summed E-state index contributed by atoms with van der Waals surface area (Å²) >= 11 is 6.17. The third kappa shape index (κ3) is 5.30. The highest BCUT2D eigenvalue weighted by Gasteiger charge is 2.30. The number of aryl methyl sites for hydroxylation is 2. The highest BCUT2D eigenvalue weighted by molar-refractivity contribution is 6.32.